The van der Waals surface area contributed by atoms with Crippen molar-refractivity contribution in [3.8, 4) is 0 Å². The van der Waals surface area contributed by atoms with E-state index in [0.717, 1.165) is 55.4 Å². The summed E-state index contributed by atoms with van der Waals surface area (Å²) in [6, 6.07) is 14.1. The van der Waals surface area contributed by atoms with Gasteiger partial charge in [0, 0.05) is 29.3 Å². The molecular formula is C22H25N5OS. The van der Waals surface area contributed by atoms with E-state index in [4.69, 9.17) is 0 Å². The predicted molar refractivity (Wildman–Crippen MR) is 116 cm³/mol. The first-order chi connectivity index (χ1) is 14.2. The van der Waals surface area contributed by atoms with Crippen molar-refractivity contribution < 1.29 is 4.79 Å². The Bertz CT molecular complexity index is 1030. The second kappa shape index (κ2) is 7.80. The molecule has 1 atom stereocenters. The number of nitrogens with zero attached hydrogens (tertiary/aromatic N) is 5. The summed E-state index contributed by atoms with van der Waals surface area (Å²) < 4.78 is 2.09. The molecule has 0 saturated carbocycles. The summed E-state index contributed by atoms with van der Waals surface area (Å²) in [7, 11) is 0. The van der Waals surface area contributed by atoms with E-state index in [1.54, 1.807) is 0 Å². The minimum Gasteiger partial charge on any atom is -0.309 e. The van der Waals surface area contributed by atoms with Gasteiger partial charge in [-0.15, -0.1) is 22.0 Å². The highest BCUT2D eigenvalue weighted by molar-refractivity contribution is 7.99. The number of fused-ring (bicyclic) bond motifs is 2. The van der Waals surface area contributed by atoms with E-state index in [1.807, 2.05) is 53.2 Å². The van der Waals surface area contributed by atoms with Gasteiger partial charge < -0.3 is 4.90 Å². The van der Waals surface area contributed by atoms with Crippen LogP contribution in [-0.4, -0.2) is 56.8 Å². The number of para-hydroxylation sites is 1. The molecule has 0 aliphatic carbocycles. The lowest BCUT2D eigenvalue weighted by atomic mass is 9.95. The molecule has 1 amide bonds. The van der Waals surface area contributed by atoms with Gasteiger partial charge in [0.1, 0.15) is 5.82 Å². The lowest BCUT2D eigenvalue weighted by Gasteiger charge is -2.38. The van der Waals surface area contributed by atoms with Gasteiger partial charge in [-0.2, -0.15) is 0 Å². The standard InChI is InChI=1S/C22H25N5OS/c1-16(22(28)26-14-15-29-19-7-3-2-6-18(19)26)25-12-9-17(10-13-25)21-24-23-20-8-4-5-11-27(20)21/h2-8,11,16-17H,9-10,12-15H2,1H3. The number of pyridine rings is 1. The van der Waals surface area contributed by atoms with Gasteiger partial charge in [-0.3, -0.25) is 14.1 Å². The van der Waals surface area contributed by atoms with Crippen LogP contribution >= 0.6 is 11.8 Å². The molecule has 6 nitrogen and oxygen atoms in total. The van der Waals surface area contributed by atoms with Crippen LogP contribution in [0.5, 0.6) is 0 Å². The monoisotopic (exact) mass is 407 g/mol. The maximum Gasteiger partial charge on any atom is 0.244 e. The van der Waals surface area contributed by atoms with Gasteiger partial charge >= 0.3 is 0 Å². The average Bonchev–Trinajstić information content (AvgIpc) is 3.22. The van der Waals surface area contributed by atoms with Crippen molar-refractivity contribution in [2.24, 2.45) is 0 Å². The second-order valence-electron chi connectivity index (χ2n) is 7.78. The molecule has 1 saturated heterocycles. The molecule has 0 radical (unpaired) electrons. The van der Waals surface area contributed by atoms with Crippen LogP contribution in [0.1, 0.15) is 31.5 Å². The first-order valence-corrected chi connectivity index (χ1v) is 11.3. The summed E-state index contributed by atoms with van der Waals surface area (Å²) >= 11 is 1.83. The Balaban J connectivity index is 1.27. The molecule has 7 heteroatoms. The quantitative estimate of drug-likeness (QED) is 0.666. The second-order valence-corrected chi connectivity index (χ2v) is 8.92. The van der Waals surface area contributed by atoms with Crippen molar-refractivity contribution in [2.75, 3.05) is 30.3 Å². The summed E-state index contributed by atoms with van der Waals surface area (Å²) in [6.07, 6.45) is 4.04. The third kappa shape index (κ3) is 3.42. The molecule has 0 N–H and O–H groups in total. The fourth-order valence-electron chi connectivity index (χ4n) is 4.46. The Labute approximate surface area is 174 Å². The first kappa shape index (κ1) is 18.6. The summed E-state index contributed by atoms with van der Waals surface area (Å²) in [4.78, 5) is 18.8. The van der Waals surface area contributed by atoms with Crippen LogP contribution in [0, 0.1) is 0 Å². The normalized spacial score (nSPS) is 19.3. The minimum absolute atomic E-state index is 0.109. The summed E-state index contributed by atoms with van der Waals surface area (Å²) in [5.41, 5.74) is 1.96. The maximum absolute atomic E-state index is 13.3. The molecule has 0 spiro atoms. The van der Waals surface area contributed by atoms with E-state index in [1.165, 1.54) is 4.90 Å². The number of piperidine rings is 1. The number of amides is 1. The molecule has 150 valence electrons. The molecule has 0 bridgehead atoms. The van der Waals surface area contributed by atoms with Gasteiger partial charge in [0.25, 0.3) is 0 Å². The number of aromatic nitrogens is 3. The van der Waals surface area contributed by atoms with Crippen molar-refractivity contribution in [1.29, 1.82) is 0 Å². The predicted octanol–water partition coefficient (Wildman–Crippen LogP) is 3.44. The number of rotatable bonds is 3. The Morgan fingerprint density at radius 1 is 1.07 bits per heavy atom. The van der Waals surface area contributed by atoms with Crippen LogP contribution in [0.15, 0.2) is 53.6 Å². The fraction of sp³-hybridized carbons (Fsp3) is 0.409. The van der Waals surface area contributed by atoms with E-state index in [9.17, 15) is 4.79 Å². The number of carbonyl (C=O) groups is 1. The van der Waals surface area contributed by atoms with Crippen molar-refractivity contribution in [1.82, 2.24) is 19.5 Å². The zero-order valence-electron chi connectivity index (χ0n) is 16.6. The number of carbonyl (C=O) groups excluding carboxylic acids is 1. The molecule has 1 unspecified atom stereocenters. The molecule has 1 aromatic carbocycles. The summed E-state index contributed by atoms with van der Waals surface area (Å²) in [5, 5.41) is 8.73. The van der Waals surface area contributed by atoms with Gasteiger partial charge in [-0.25, -0.2) is 0 Å². The highest BCUT2D eigenvalue weighted by Crippen LogP contribution is 2.35. The number of anilines is 1. The molecule has 1 fully saturated rings. The Morgan fingerprint density at radius 3 is 2.72 bits per heavy atom. The van der Waals surface area contributed by atoms with Gasteiger partial charge in [0.15, 0.2) is 5.65 Å². The van der Waals surface area contributed by atoms with Crippen LogP contribution in [0.3, 0.4) is 0 Å². The molecule has 3 aromatic rings. The molecule has 5 rings (SSSR count). The van der Waals surface area contributed by atoms with Gasteiger partial charge in [0.2, 0.25) is 5.91 Å². The van der Waals surface area contributed by atoms with E-state index in [2.05, 4.69) is 38.6 Å². The fourth-order valence-corrected chi connectivity index (χ4v) is 5.46. The van der Waals surface area contributed by atoms with Crippen molar-refractivity contribution in [3.63, 3.8) is 0 Å². The van der Waals surface area contributed by atoms with Gasteiger partial charge in [0.05, 0.1) is 11.7 Å². The molecule has 2 aliphatic heterocycles. The zero-order valence-corrected chi connectivity index (χ0v) is 17.4. The SMILES string of the molecule is CC(C(=O)N1CCSc2ccccc21)N1CCC(c2nnc3ccccn23)CC1. The molecule has 2 aliphatic rings. The molecular weight excluding hydrogens is 382 g/mol. The largest absolute Gasteiger partial charge is 0.309 e. The van der Waals surface area contributed by atoms with Gasteiger partial charge in [-0.05, 0) is 57.1 Å². The van der Waals surface area contributed by atoms with Crippen LogP contribution in [-0.2, 0) is 4.79 Å². The van der Waals surface area contributed by atoms with Crippen LogP contribution in [0.2, 0.25) is 0 Å². The lowest BCUT2D eigenvalue weighted by Crippen LogP contribution is -2.51. The van der Waals surface area contributed by atoms with Crippen molar-refractivity contribution >= 4 is 29.0 Å². The summed E-state index contributed by atoms with van der Waals surface area (Å²) in [5.74, 6) is 2.60. The van der Waals surface area contributed by atoms with E-state index in [-0.39, 0.29) is 11.9 Å². The van der Waals surface area contributed by atoms with Crippen LogP contribution in [0.4, 0.5) is 5.69 Å². The number of likely N-dealkylation sites (tertiary alicyclic amines) is 1. The van der Waals surface area contributed by atoms with Crippen LogP contribution < -0.4 is 4.90 Å². The minimum atomic E-state index is -0.109. The van der Waals surface area contributed by atoms with Crippen molar-refractivity contribution in [3.05, 3.63) is 54.5 Å². The Hall–Kier alpha value is -2.38. The number of hydrogen-bond donors (Lipinski definition) is 0. The number of thioether (sulfide) groups is 1. The van der Waals surface area contributed by atoms with Gasteiger partial charge in [-0.1, -0.05) is 18.2 Å². The zero-order chi connectivity index (χ0) is 19.8. The smallest absolute Gasteiger partial charge is 0.244 e. The third-order valence-corrected chi connectivity index (χ3v) is 7.18. The lowest BCUT2D eigenvalue weighted by molar-refractivity contribution is -0.123. The van der Waals surface area contributed by atoms with Crippen molar-refractivity contribution in [2.45, 2.75) is 36.6 Å². The van der Waals surface area contributed by atoms with E-state index >= 15 is 0 Å². The number of hydrogen-bond acceptors (Lipinski definition) is 5. The van der Waals surface area contributed by atoms with Crippen LogP contribution in [0.25, 0.3) is 5.65 Å². The van der Waals surface area contributed by atoms with E-state index < -0.39 is 0 Å². The molecule has 4 heterocycles. The molecule has 29 heavy (non-hydrogen) atoms. The highest BCUT2D eigenvalue weighted by Gasteiger charge is 2.33. The summed E-state index contributed by atoms with van der Waals surface area (Å²) in [6.45, 7) is 4.65. The van der Waals surface area contributed by atoms with E-state index in [0.29, 0.717) is 5.92 Å². The third-order valence-electron chi connectivity index (χ3n) is 6.13. The molecule has 2 aromatic heterocycles. The Morgan fingerprint density at radius 2 is 1.86 bits per heavy atom. The number of benzene rings is 1. The average molecular weight is 408 g/mol. The Kier molecular flexibility index (Phi) is 5.01. The highest BCUT2D eigenvalue weighted by atomic mass is 32.2. The first-order valence-electron chi connectivity index (χ1n) is 10.3. The maximum atomic E-state index is 13.3. The topological polar surface area (TPSA) is 53.7 Å².